The molecule has 1 aromatic rings. The molecule has 0 bridgehead atoms. The highest BCUT2D eigenvalue weighted by Crippen LogP contribution is 2.32. The van der Waals surface area contributed by atoms with E-state index in [9.17, 15) is 9.90 Å². The summed E-state index contributed by atoms with van der Waals surface area (Å²) in [6.07, 6.45) is 2.14. The molecule has 5 nitrogen and oxygen atoms in total. The van der Waals surface area contributed by atoms with E-state index in [0.29, 0.717) is 19.1 Å². The molecule has 1 saturated carbocycles. The first-order valence-corrected chi connectivity index (χ1v) is 9.32. The van der Waals surface area contributed by atoms with E-state index in [-0.39, 0.29) is 18.1 Å². The van der Waals surface area contributed by atoms with Crippen molar-refractivity contribution in [1.29, 1.82) is 0 Å². The lowest BCUT2D eigenvalue weighted by Gasteiger charge is -2.43. The molecule has 1 aromatic carbocycles. The Bertz CT molecular complexity index is 564. The normalized spacial score (nSPS) is 25.9. The van der Waals surface area contributed by atoms with Crippen molar-refractivity contribution in [3.05, 3.63) is 35.9 Å². The van der Waals surface area contributed by atoms with E-state index in [1.54, 1.807) is 0 Å². The molecule has 0 radical (unpaired) electrons. The van der Waals surface area contributed by atoms with Crippen LogP contribution in [0.4, 0.5) is 0 Å². The van der Waals surface area contributed by atoms with E-state index >= 15 is 0 Å². The summed E-state index contributed by atoms with van der Waals surface area (Å²) in [6, 6.07) is 10.3. The minimum Gasteiger partial charge on any atom is -0.393 e. The molecule has 5 heteroatoms. The zero-order chi connectivity index (χ0) is 17.9. The number of nitrogens with one attached hydrogen (secondary N) is 1. The third-order valence-corrected chi connectivity index (χ3v) is 5.69. The van der Waals surface area contributed by atoms with Crippen LogP contribution in [0, 0.1) is 5.92 Å². The van der Waals surface area contributed by atoms with Crippen LogP contribution in [0.1, 0.15) is 32.3 Å². The number of hydrogen-bond acceptors (Lipinski definition) is 4. The molecule has 3 rings (SSSR count). The van der Waals surface area contributed by atoms with Crippen LogP contribution >= 0.6 is 0 Å². The van der Waals surface area contributed by atoms with Crippen molar-refractivity contribution in [2.75, 3.05) is 26.3 Å². The Labute approximate surface area is 150 Å². The third-order valence-electron chi connectivity index (χ3n) is 5.69. The second-order valence-corrected chi connectivity index (χ2v) is 7.81. The first-order chi connectivity index (χ1) is 12.0. The standard InChI is InChI=1S/C20H30N2O3/c1-20(2,22-8-10-25-11-9-22)19(24)21-18(16-13-17(23)14-16)12-15-6-4-3-5-7-15/h3-7,16-18,23H,8-14H2,1-2H3,(H,21,24)/t16?,17?,18-/m1/s1. The summed E-state index contributed by atoms with van der Waals surface area (Å²) < 4.78 is 5.41. The number of nitrogens with zero attached hydrogens (tertiary/aromatic N) is 1. The van der Waals surface area contributed by atoms with Gasteiger partial charge in [0.2, 0.25) is 5.91 Å². The van der Waals surface area contributed by atoms with Crippen molar-refractivity contribution >= 4 is 5.91 Å². The lowest BCUT2D eigenvalue weighted by Crippen LogP contribution is -2.61. The second-order valence-electron chi connectivity index (χ2n) is 7.81. The topological polar surface area (TPSA) is 61.8 Å². The smallest absolute Gasteiger partial charge is 0.240 e. The summed E-state index contributed by atoms with van der Waals surface area (Å²) >= 11 is 0. The van der Waals surface area contributed by atoms with Gasteiger partial charge in [-0.1, -0.05) is 30.3 Å². The number of ether oxygens (including phenoxy) is 1. The van der Waals surface area contributed by atoms with Crippen molar-refractivity contribution in [3.8, 4) is 0 Å². The molecule has 1 atom stereocenters. The van der Waals surface area contributed by atoms with Crippen LogP contribution in [0.5, 0.6) is 0 Å². The zero-order valence-corrected chi connectivity index (χ0v) is 15.3. The van der Waals surface area contributed by atoms with Crippen LogP contribution in [0.15, 0.2) is 30.3 Å². The molecule has 2 N–H and O–H groups in total. The third kappa shape index (κ3) is 4.40. The molecule has 0 spiro atoms. The van der Waals surface area contributed by atoms with Crippen LogP contribution in [0.25, 0.3) is 0 Å². The summed E-state index contributed by atoms with van der Waals surface area (Å²) in [5, 5.41) is 13.0. The Morgan fingerprint density at radius 1 is 1.28 bits per heavy atom. The van der Waals surface area contributed by atoms with Gasteiger partial charge >= 0.3 is 0 Å². The zero-order valence-electron chi connectivity index (χ0n) is 15.3. The van der Waals surface area contributed by atoms with E-state index in [4.69, 9.17) is 4.74 Å². The van der Waals surface area contributed by atoms with Gasteiger partial charge in [-0.3, -0.25) is 9.69 Å². The summed E-state index contributed by atoms with van der Waals surface area (Å²) in [6.45, 7) is 6.90. The molecule has 2 fully saturated rings. The van der Waals surface area contributed by atoms with E-state index in [1.165, 1.54) is 5.56 Å². The molecule has 0 aromatic heterocycles. The number of rotatable bonds is 6. The number of carbonyl (C=O) groups excluding carboxylic acids is 1. The summed E-state index contributed by atoms with van der Waals surface area (Å²) in [5.41, 5.74) is 0.666. The van der Waals surface area contributed by atoms with Gasteiger partial charge in [-0.2, -0.15) is 0 Å². The molecule has 1 aliphatic carbocycles. The van der Waals surface area contributed by atoms with Crippen LogP contribution in [0.2, 0.25) is 0 Å². The fourth-order valence-electron chi connectivity index (χ4n) is 3.77. The Morgan fingerprint density at radius 3 is 2.52 bits per heavy atom. The Hall–Kier alpha value is -1.43. The molecule has 25 heavy (non-hydrogen) atoms. The van der Waals surface area contributed by atoms with E-state index in [1.807, 2.05) is 32.0 Å². The lowest BCUT2D eigenvalue weighted by atomic mass is 9.75. The number of aliphatic hydroxyl groups excluding tert-OH is 1. The second kappa shape index (κ2) is 7.85. The number of aliphatic hydroxyl groups is 1. The van der Waals surface area contributed by atoms with Gasteiger partial charge in [0.15, 0.2) is 0 Å². The van der Waals surface area contributed by atoms with Gasteiger partial charge in [-0.15, -0.1) is 0 Å². The maximum atomic E-state index is 13.0. The number of morpholine rings is 1. The van der Waals surface area contributed by atoms with Crippen LogP contribution in [0.3, 0.4) is 0 Å². The lowest BCUT2D eigenvalue weighted by molar-refractivity contribution is -0.136. The summed E-state index contributed by atoms with van der Waals surface area (Å²) in [5.74, 6) is 0.413. The number of benzene rings is 1. The predicted molar refractivity (Wildman–Crippen MR) is 97.3 cm³/mol. The molecule has 1 amide bonds. The largest absolute Gasteiger partial charge is 0.393 e. The van der Waals surface area contributed by atoms with Gasteiger partial charge in [0, 0.05) is 19.1 Å². The Morgan fingerprint density at radius 2 is 1.92 bits per heavy atom. The van der Waals surface area contributed by atoms with E-state index in [2.05, 4.69) is 22.3 Å². The molecular weight excluding hydrogens is 316 g/mol. The molecule has 2 aliphatic rings. The van der Waals surface area contributed by atoms with Crippen molar-refractivity contribution in [1.82, 2.24) is 10.2 Å². The molecule has 1 aliphatic heterocycles. The summed E-state index contributed by atoms with van der Waals surface area (Å²) in [7, 11) is 0. The van der Waals surface area contributed by atoms with Crippen LogP contribution in [-0.2, 0) is 16.0 Å². The summed E-state index contributed by atoms with van der Waals surface area (Å²) in [4.78, 5) is 15.2. The highest BCUT2D eigenvalue weighted by atomic mass is 16.5. The monoisotopic (exact) mass is 346 g/mol. The molecule has 138 valence electrons. The highest BCUT2D eigenvalue weighted by Gasteiger charge is 2.40. The first kappa shape index (κ1) is 18.4. The van der Waals surface area contributed by atoms with E-state index < -0.39 is 5.54 Å². The Balaban J connectivity index is 1.67. The van der Waals surface area contributed by atoms with Crippen molar-refractivity contribution < 1.29 is 14.6 Å². The highest BCUT2D eigenvalue weighted by molar-refractivity contribution is 5.85. The van der Waals surface area contributed by atoms with Crippen LogP contribution in [-0.4, -0.2) is 59.9 Å². The average Bonchev–Trinajstić information content (AvgIpc) is 2.60. The maximum absolute atomic E-state index is 13.0. The number of amides is 1. The number of hydrogen-bond donors (Lipinski definition) is 2. The van der Waals surface area contributed by atoms with Gasteiger partial charge < -0.3 is 15.2 Å². The van der Waals surface area contributed by atoms with Gasteiger partial charge in [0.05, 0.1) is 24.9 Å². The minimum absolute atomic E-state index is 0.0664. The van der Waals surface area contributed by atoms with Crippen molar-refractivity contribution in [2.24, 2.45) is 5.92 Å². The molecular formula is C20H30N2O3. The van der Waals surface area contributed by atoms with Gasteiger partial charge in [0.25, 0.3) is 0 Å². The maximum Gasteiger partial charge on any atom is 0.240 e. The fraction of sp³-hybridized carbons (Fsp3) is 0.650. The van der Waals surface area contributed by atoms with Gasteiger partial charge in [-0.25, -0.2) is 0 Å². The SMILES string of the molecule is CC(C)(C(=O)N[C@H](Cc1ccccc1)C1CC(O)C1)N1CCOCC1. The quantitative estimate of drug-likeness (QED) is 0.821. The van der Waals surface area contributed by atoms with E-state index in [0.717, 1.165) is 32.4 Å². The fourth-order valence-corrected chi connectivity index (χ4v) is 3.77. The van der Waals surface area contributed by atoms with Crippen LogP contribution < -0.4 is 5.32 Å². The molecule has 1 saturated heterocycles. The molecule has 1 heterocycles. The predicted octanol–water partition coefficient (Wildman–Crippen LogP) is 1.60. The van der Waals surface area contributed by atoms with Gasteiger partial charge in [0.1, 0.15) is 0 Å². The number of carbonyl (C=O) groups is 1. The molecule has 0 unspecified atom stereocenters. The van der Waals surface area contributed by atoms with Crippen molar-refractivity contribution in [2.45, 2.75) is 50.8 Å². The Kier molecular flexibility index (Phi) is 5.77. The minimum atomic E-state index is -0.554. The average molecular weight is 346 g/mol. The van der Waals surface area contributed by atoms with Gasteiger partial charge in [-0.05, 0) is 44.6 Å². The first-order valence-electron chi connectivity index (χ1n) is 9.32. The van der Waals surface area contributed by atoms with Crippen molar-refractivity contribution in [3.63, 3.8) is 0 Å².